The minimum Gasteiger partial charge on any atom is -0.192 e. The van der Waals surface area contributed by atoms with Gasteiger partial charge in [0.1, 0.15) is 12.1 Å². The van der Waals surface area contributed by atoms with Gasteiger partial charge >= 0.3 is 0 Å². The van der Waals surface area contributed by atoms with Crippen LogP contribution in [0.15, 0.2) is 48.5 Å². The van der Waals surface area contributed by atoms with E-state index in [1.54, 1.807) is 12.1 Å². The molecule has 2 nitrogen and oxygen atoms in total. The molecule has 0 aromatic heterocycles. The van der Waals surface area contributed by atoms with E-state index in [4.69, 9.17) is 10.5 Å². The summed E-state index contributed by atoms with van der Waals surface area (Å²) >= 11 is 0. The molecule has 0 fully saturated rings. The molecule has 0 saturated heterocycles. The third-order valence-electron chi connectivity index (χ3n) is 2.58. The van der Waals surface area contributed by atoms with Gasteiger partial charge < -0.3 is 0 Å². The molecule has 0 saturated carbocycles. The molecule has 0 N–H and O–H groups in total. The van der Waals surface area contributed by atoms with Crippen molar-refractivity contribution in [2.75, 3.05) is 0 Å². The molecule has 18 heavy (non-hydrogen) atoms. The van der Waals surface area contributed by atoms with E-state index in [0.29, 0.717) is 11.1 Å². The molecule has 2 aromatic rings. The predicted molar refractivity (Wildman–Crippen MR) is 71.2 cm³/mol. The second-order valence-corrected chi connectivity index (χ2v) is 3.74. The lowest BCUT2D eigenvalue weighted by atomic mass is 10.0. The second-order valence-electron chi connectivity index (χ2n) is 3.74. The van der Waals surface area contributed by atoms with E-state index in [-0.39, 0.29) is 0 Å². The number of rotatable bonds is 2. The molecule has 0 amide bonds. The van der Waals surface area contributed by atoms with E-state index in [1.165, 1.54) is 0 Å². The zero-order valence-electron chi connectivity index (χ0n) is 9.67. The second kappa shape index (κ2) is 5.48. The van der Waals surface area contributed by atoms with Crippen LogP contribution in [0.4, 0.5) is 0 Å². The predicted octanol–water partition coefficient (Wildman–Crippen LogP) is 3.60. The van der Waals surface area contributed by atoms with Crippen LogP contribution in [-0.4, -0.2) is 0 Å². The van der Waals surface area contributed by atoms with Gasteiger partial charge in [0.05, 0.1) is 11.1 Å². The van der Waals surface area contributed by atoms with Crippen LogP contribution in [-0.2, 0) is 0 Å². The van der Waals surface area contributed by atoms with E-state index < -0.39 is 0 Å². The molecule has 0 aliphatic rings. The van der Waals surface area contributed by atoms with Crippen molar-refractivity contribution in [2.24, 2.45) is 0 Å². The summed E-state index contributed by atoms with van der Waals surface area (Å²) < 4.78 is 0. The SMILES string of the molecule is N#Cc1cccc(C=Cc2ccccc2)c1C#N. The van der Waals surface area contributed by atoms with Crippen molar-refractivity contribution in [2.45, 2.75) is 0 Å². The normalized spacial score (nSPS) is 9.89. The molecule has 0 bridgehead atoms. The van der Waals surface area contributed by atoms with Crippen LogP contribution in [0, 0.1) is 22.7 Å². The van der Waals surface area contributed by atoms with Crippen molar-refractivity contribution in [3.8, 4) is 12.1 Å². The number of benzene rings is 2. The Kier molecular flexibility index (Phi) is 3.54. The van der Waals surface area contributed by atoms with Crippen LogP contribution in [0.1, 0.15) is 22.3 Å². The molecule has 2 rings (SSSR count). The average Bonchev–Trinajstić information content (AvgIpc) is 2.45. The first-order chi connectivity index (χ1) is 8.85. The van der Waals surface area contributed by atoms with Crippen molar-refractivity contribution in [1.82, 2.24) is 0 Å². The molecular formula is C16H10N2. The first kappa shape index (κ1) is 11.6. The fourth-order valence-electron chi connectivity index (χ4n) is 1.68. The van der Waals surface area contributed by atoms with Crippen molar-refractivity contribution in [3.63, 3.8) is 0 Å². The maximum absolute atomic E-state index is 9.09. The number of hydrogen-bond donors (Lipinski definition) is 0. The topological polar surface area (TPSA) is 47.6 Å². The van der Waals surface area contributed by atoms with Gasteiger partial charge in [0.25, 0.3) is 0 Å². The summed E-state index contributed by atoms with van der Waals surface area (Å²) in [7, 11) is 0. The molecular weight excluding hydrogens is 220 g/mol. The summed E-state index contributed by atoms with van der Waals surface area (Å²) in [6.45, 7) is 0. The van der Waals surface area contributed by atoms with E-state index in [9.17, 15) is 0 Å². The van der Waals surface area contributed by atoms with Gasteiger partial charge in [-0.05, 0) is 17.2 Å². The molecule has 0 aliphatic carbocycles. The summed E-state index contributed by atoms with van der Waals surface area (Å²) in [5.74, 6) is 0. The van der Waals surface area contributed by atoms with E-state index in [0.717, 1.165) is 11.1 Å². The van der Waals surface area contributed by atoms with Crippen LogP contribution in [0.25, 0.3) is 12.2 Å². The van der Waals surface area contributed by atoms with Gasteiger partial charge in [-0.25, -0.2) is 0 Å². The lowest BCUT2D eigenvalue weighted by molar-refractivity contribution is 1.42. The van der Waals surface area contributed by atoms with E-state index >= 15 is 0 Å². The summed E-state index contributed by atoms with van der Waals surface area (Å²) in [6.07, 6.45) is 3.78. The quantitative estimate of drug-likeness (QED) is 0.740. The first-order valence-corrected chi connectivity index (χ1v) is 5.51. The Hall–Kier alpha value is -2.84. The smallest absolute Gasteiger partial charge is 0.101 e. The molecule has 0 atom stereocenters. The maximum atomic E-state index is 9.09. The Morgan fingerprint density at radius 3 is 2.22 bits per heavy atom. The largest absolute Gasteiger partial charge is 0.192 e. The molecule has 0 heterocycles. The van der Waals surface area contributed by atoms with Crippen molar-refractivity contribution in [3.05, 3.63) is 70.8 Å². The van der Waals surface area contributed by atoms with E-state index in [2.05, 4.69) is 6.07 Å². The lowest BCUT2D eigenvalue weighted by Gasteiger charge is -1.99. The fourth-order valence-corrected chi connectivity index (χ4v) is 1.68. The minimum atomic E-state index is 0.410. The highest BCUT2D eigenvalue weighted by molar-refractivity contribution is 5.74. The molecule has 0 radical (unpaired) electrons. The number of nitriles is 2. The average molecular weight is 230 g/mol. The highest BCUT2D eigenvalue weighted by Crippen LogP contribution is 2.16. The molecule has 0 aliphatic heterocycles. The maximum Gasteiger partial charge on any atom is 0.101 e. The fraction of sp³-hybridized carbons (Fsp3) is 0. The van der Waals surface area contributed by atoms with Crippen LogP contribution in [0.5, 0.6) is 0 Å². The summed E-state index contributed by atoms with van der Waals surface area (Å²) in [5.41, 5.74) is 2.66. The van der Waals surface area contributed by atoms with Crippen LogP contribution < -0.4 is 0 Å². The van der Waals surface area contributed by atoms with Crippen LogP contribution in [0.3, 0.4) is 0 Å². The van der Waals surface area contributed by atoms with Crippen molar-refractivity contribution < 1.29 is 0 Å². The Balaban J connectivity index is 2.40. The van der Waals surface area contributed by atoms with Crippen LogP contribution >= 0.6 is 0 Å². The highest BCUT2D eigenvalue weighted by atomic mass is 14.3. The van der Waals surface area contributed by atoms with Gasteiger partial charge in [0, 0.05) is 0 Å². The Labute approximate surface area is 106 Å². The van der Waals surface area contributed by atoms with Crippen molar-refractivity contribution in [1.29, 1.82) is 10.5 Å². The molecule has 84 valence electrons. The van der Waals surface area contributed by atoms with Gasteiger partial charge in [-0.2, -0.15) is 10.5 Å². The molecule has 2 heteroatoms. The summed E-state index contributed by atoms with van der Waals surface area (Å²) in [4.78, 5) is 0. The first-order valence-electron chi connectivity index (χ1n) is 5.51. The third kappa shape index (κ3) is 2.45. The van der Waals surface area contributed by atoms with Gasteiger partial charge in [0.2, 0.25) is 0 Å². The number of nitrogens with zero attached hydrogens (tertiary/aromatic N) is 2. The third-order valence-corrected chi connectivity index (χ3v) is 2.58. The summed E-state index contributed by atoms with van der Waals surface area (Å²) in [5, 5.41) is 18.0. The van der Waals surface area contributed by atoms with Crippen LogP contribution in [0.2, 0.25) is 0 Å². The Morgan fingerprint density at radius 2 is 1.56 bits per heavy atom. The molecule has 2 aromatic carbocycles. The monoisotopic (exact) mass is 230 g/mol. The zero-order chi connectivity index (χ0) is 12.8. The minimum absolute atomic E-state index is 0.410. The van der Waals surface area contributed by atoms with Gasteiger partial charge in [0.15, 0.2) is 0 Å². The lowest BCUT2D eigenvalue weighted by Crippen LogP contribution is -1.87. The molecule has 0 unspecified atom stereocenters. The van der Waals surface area contributed by atoms with E-state index in [1.807, 2.05) is 54.6 Å². The summed E-state index contributed by atoms with van der Waals surface area (Å²) in [6, 6.07) is 19.2. The Morgan fingerprint density at radius 1 is 0.778 bits per heavy atom. The Bertz CT molecular complexity index is 656. The molecule has 0 spiro atoms. The van der Waals surface area contributed by atoms with Crippen molar-refractivity contribution >= 4 is 12.2 Å². The van der Waals surface area contributed by atoms with Gasteiger partial charge in [-0.3, -0.25) is 0 Å². The number of hydrogen-bond acceptors (Lipinski definition) is 2. The van der Waals surface area contributed by atoms with Gasteiger partial charge in [-0.15, -0.1) is 0 Å². The highest BCUT2D eigenvalue weighted by Gasteiger charge is 2.04. The van der Waals surface area contributed by atoms with Gasteiger partial charge in [-0.1, -0.05) is 54.6 Å². The standard InChI is InChI=1S/C16H10N2/c17-11-15-8-4-7-14(16(15)12-18)10-9-13-5-2-1-3-6-13/h1-10H. The zero-order valence-corrected chi connectivity index (χ0v) is 9.67.